The summed E-state index contributed by atoms with van der Waals surface area (Å²) in [6.07, 6.45) is 0.938. The number of rotatable bonds is 6. The zero-order valence-electron chi connectivity index (χ0n) is 10.2. The Hall–Kier alpha value is -0.730. The Kier molecular flexibility index (Phi) is 5.64. The van der Waals surface area contributed by atoms with Crippen molar-refractivity contribution in [1.29, 1.82) is 0 Å². The van der Waals surface area contributed by atoms with Gasteiger partial charge in [0.05, 0.1) is 12.5 Å². The van der Waals surface area contributed by atoms with Crippen molar-refractivity contribution in [3.05, 3.63) is 28.8 Å². The van der Waals surface area contributed by atoms with Crippen molar-refractivity contribution in [3.8, 4) is 5.75 Å². The van der Waals surface area contributed by atoms with Gasteiger partial charge in [-0.15, -0.1) is 11.6 Å². The van der Waals surface area contributed by atoms with Crippen LogP contribution in [0.15, 0.2) is 12.1 Å². The number of methoxy groups -OCH3 is 1. The molecule has 0 bridgehead atoms. The first-order chi connectivity index (χ1) is 7.69. The molecule has 0 unspecified atom stereocenters. The fraction of sp³-hybridized carbons (Fsp3) is 0.538. The van der Waals surface area contributed by atoms with Crippen LogP contribution in [0.1, 0.15) is 16.7 Å². The Balaban J connectivity index is 2.80. The molecule has 1 aromatic rings. The maximum atomic E-state index is 5.61. The van der Waals surface area contributed by atoms with Gasteiger partial charge in [-0.2, -0.15) is 0 Å². The summed E-state index contributed by atoms with van der Waals surface area (Å²) in [6.45, 7) is 5.43. The highest BCUT2D eigenvalue weighted by Crippen LogP contribution is 2.25. The van der Waals surface area contributed by atoms with Crippen LogP contribution in [0.5, 0.6) is 5.75 Å². The summed E-state index contributed by atoms with van der Waals surface area (Å²) in [5, 5.41) is 0. The lowest BCUT2D eigenvalue weighted by Crippen LogP contribution is -2.03. The van der Waals surface area contributed by atoms with E-state index in [1.807, 2.05) is 0 Å². The Labute approximate surface area is 103 Å². The molecule has 0 radical (unpaired) electrons. The van der Waals surface area contributed by atoms with Crippen molar-refractivity contribution in [2.45, 2.75) is 20.3 Å². The second-order valence-electron chi connectivity index (χ2n) is 3.84. The van der Waals surface area contributed by atoms with E-state index in [0.29, 0.717) is 12.5 Å². The summed E-state index contributed by atoms with van der Waals surface area (Å²) >= 11 is 5.61. The molecule has 90 valence electrons. The van der Waals surface area contributed by atoms with Gasteiger partial charge < -0.3 is 9.47 Å². The van der Waals surface area contributed by atoms with Crippen LogP contribution >= 0.6 is 11.6 Å². The molecule has 0 saturated heterocycles. The lowest BCUT2D eigenvalue weighted by atomic mass is 10.0. The average Bonchev–Trinajstić information content (AvgIpc) is 2.25. The third-order valence-electron chi connectivity index (χ3n) is 2.44. The predicted octanol–water partition coefficient (Wildman–Crippen LogP) is 3.11. The molecule has 1 rings (SSSR count). The Bertz CT molecular complexity index is 314. The van der Waals surface area contributed by atoms with Gasteiger partial charge in [0.15, 0.2) is 0 Å². The molecule has 0 fully saturated rings. The van der Waals surface area contributed by atoms with Crippen LogP contribution in [-0.2, 0) is 11.2 Å². The van der Waals surface area contributed by atoms with Crippen molar-refractivity contribution >= 4 is 11.6 Å². The van der Waals surface area contributed by atoms with Gasteiger partial charge in [-0.05, 0) is 37.0 Å². The minimum Gasteiger partial charge on any atom is -0.492 e. The molecule has 0 N–H and O–H groups in total. The van der Waals surface area contributed by atoms with E-state index >= 15 is 0 Å². The Morgan fingerprint density at radius 3 is 2.25 bits per heavy atom. The number of aryl methyl sites for hydroxylation is 2. The lowest BCUT2D eigenvalue weighted by molar-refractivity contribution is 0.202. The fourth-order valence-corrected chi connectivity index (χ4v) is 1.85. The first kappa shape index (κ1) is 13.3. The number of hydrogen-bond donors (Lipinski definition) is 0. The summed E-state index contributed by atoms with van der Waals surface area (Å²) < 4.78 is 10.7. The van der Waals surface area contributed by atoms with E-state index in [1.54, 1.807) is 7.11 Å². The van der Waals surface area contributed by atoms with E-state index in [1.165, 1.54) is 5.56 Å². The molecule has 3 heteroatoms. The quantitative estimate of drug-likeness (QED) is 0.714. The van der Waals surface area contributed by atoms with Gasteiger partial charge in [-0.3, -0.25) is 0 Å². The van der Waals surface area contributed by atoms with E-state index in [-0.39, 0.29) is 0 Å². The summed E-state index contributed by atoms with van der Waals surface area (Å²) in [5.41, 5.74) is 3.61. The topological polar surface area (TPSA) is 18.5 Å². The molecule has 0 aliphatic rings. The van der Waals surface area contributed by atoms with E-state index < -0.39 is 0 Å². The third-order valence-corrected chi connectivity index (χ3v) is 2.59. The molecule has 0 aromatic heterocycles. The average molecular weight is 243 g/mol. The summed E-state index contributed by atoms with van der Waals surface area (Å²) in [5.74, 6) is 1.48. The normalized spacial score (nSPS) is 10.5. The molecule has 2 nitrogen and oxygen atoms in total. The maximum Gasteiger partial charge on any atom is 0.125 e. The zero-order chi connectivity index (χ0) is 12.0. The standard InChI is InChI=1S/C13H19ClO2/c1-10-8-12(4-6-15-3)9-11(2)13(10)16-7-5-14/h8-9H,4-7H2,1-3H3. The largest absolute Gasteiger partial charge is 0.492 e. The Morgan fingerprint density at radius 1 is 1.12 bits per heavy atom. The maximum absolute atomic E-state index is 5.61. The smallest absolute Gasteiger partial charge is 0.125 e. The molecule has 0 saturated carbocycles. The van der Waals surface area contributed by atoms with E-state index in [9.17, 15) is 0 Å². The molecule has 16 heavy (non-hydrogen) atoms. The van der Waals surface area contributed by atoms with E-state index in [2.05, 4.69) is 26.0 Å². The summed E-state index contributed by atoms with van der Waals surface area (Å²) in [6, 6.07) is 4.30. The van der Waals surface area contributed by atoms with Gasteiger partial charge in [0.1, 0.15) is 12.4 Å². The molecule has 0 spiro atoms. The van der Waals surface area contributed by atoms with Crippen molar-refractivity contribution in [2.75, 3.05) is 26.2 Å². The van der Waals surface area contributed by atoms with Gasteiger partial charge in [-0.1, -0.05) is 12.1 Å². The number of benzene rings is 1. The molecule has 0 amide bonds. The molecule has 1 aromatic carbocycles. The summed E-state index contributed by atoms with van der Waals surface area (Å²) in [7, 11) is 1.72. The number of halogens is 1. The molecule has 0 atom stereocenters. The minimum atomic E-state index is 0.518. The van der Waals surface area contributed by atoms with Crippen molar-refractivity contribution < 1.29 is 9.47 Å². The number of ether oxygens (including phenoxy) is 2. The van der Waals surface area contributed by atoms with Gasteiger partial charge in [-0.25, -0.2) is 0 Å². The van der Waals surface area contributed by atoms with E-state index in [0.717, 1.165) is 29.9 Å². The molecule has 0 heterocycles. The molecule has 0 aliphatic carbocycles. The van der Waals surface area contributed by atoms with E-state index in [4.69, 9.17) is 21.1 Å². The highest BCUT2D eigenvalue weighted by molar-refractivity contribution is 6.18. The number of hydrogen-bond acceptors (Lipinski definition) is 2. The van der Waals surface area contributed by atoms with Crippen LogP contribution in [0.3, 0.4) is 0 Å². The zero-order valence-corrected chi connectivity index (χ0v) is 10.9. The fourth-order valence-electron chi connectivity index (χ4n) is 1.77. The van der Waals surface area contributed by atoms with Crippen LogP contribution < -0.4 is 4.74 Å². The van der Waals surface area contributed by atoms with Crippen LogP contribution in [0.4, 0.5) is 0 Å². The van der Waals surface area contributed by atoms with Crippen LogP contribution in [0.25, 0.3) is 0 Å². The van der Waals surface area contributed by atoms with Gasteiger partial charge >= 0.3 is 0 Å². The molecule has 0 aliphatic heterocycles. The summed E-state index contributed by atoms with van der Waals surface area (Å²) in [4.78, 5) is 0. The van der Waals surface area contributed by atoms with Gasteiger partial charge in [0.25, 0.3) is 0 Å². The highest BCUT2D eigenvalue weighted by Gasteiger charge is 2.06. The SMILES string of the molecule is COCCc1cc(C)c(OCCCl)c(C)c1. The highest BCUT2D eigenvalue weighted by atomic mass is 35.5. The van der Waals surface area contributed by atoms with Crippen molar-refractivity contribution in [3.63, 3.8) is 0 Å². The first-order valence-corrected chi connectivity index (χ1v) is 6.00. The van der Waals surface area contributed by atoms with Crippen LogP contribution in [0, 0.1) is 13.8 Å². The van der Waals surface area contributed by atoms with Crippen LogP contribution in [0.2, 0.25) is 0 Å². The first-order valence-electron chi connectivity index (χ1n) is 5.47. The van der Waals surface area contributed by atoms with Crippen molar-refractivity contribution in [1.82, 2.24) is 0 Å². The molecular formula is C13H19ClO2. The lowest BCUT2D eigenvalue weighted by Gasteiger charge is -2.13. The minimum absolute atomic E-state index is 0.518. The van der Waals surface area contributed by atoms with Gasteiger partial charge in [0, 0.05) is 7.11 Å². The number of alkyl halides is 1. The monoisotopic (exact) mass is 242 g/mol. The van der Waals surface area contributed by atoms with Gasteiger partial charge in [0.2, 0.25) is 0 Å². The second kappa shape index (κ2) is 6.77. The second-order valence-corrected chi connectivity index (χ2v) is 4.22. The predicted molar refractivity (Wildman–Crippen MR) is 67.7 cm³/mol. The third kappa shape index (κ3) is 3.69. The van der Waals surface area contributed by atoms with Crippen LogP contribution in [-0.4, -0.2) is 26.2 Å². The Morgan fingerprint density at radius 2 is 1.75 bits per heavy atom. The van der Waals surface area contributed by atoms with Crippen molar-refractivity contribution in [2.24, 2.45) is 0 Å². The molecular weight excluding hydrogens is 224 g/mol.